The van der Waals surface area contributed by atoms with Gasteiger partial charge in [-0.15, -0.1) is 11.8 Å². The molecule has 14 heteroatoms. The summed E-state index contributed by atoms with van der Waals surface area (Å²) in [6.45, 7) is 0. The predicted octanol–water partition coefficient (Wildman–Crippen LogP) is 2.59. The normalized spacial score (nSPS) is 23.4. The summed E-state index contributed by atoms with van der Waals surface area (Å²) in [4.78, 5) is 80.1. The van der Waals surface area contributed by atoms with Gasteiger partial charge in [0.15, 0.2) is 0 Å². The number of aromatic hydroxyl groups is 1. The smallest absolute Gasteiger partial charge is 0.326 e. The lowest BCUT2D eigenvalue weighted by atomic mass is 10.0. The van der Waals surface area contributed by atoms with Gasteiger partial charge in [0.25, 0.3) is 0 Å². The van der Waals surface area contributed by atoms with Gasteiger partial charge in [-0.1, -0.05) is 60.7 Å². The Labute approximate surface area is 305 Å². The summed E-state index contributed by atoms with van der Waals surface area (Å²) in [6.07, 6.45) is 2.42. The van der Waals surface area contributed by atoms with Crippen molar-refractivity contribution in [1.82, 2.24) is 21.3 Å². The summed E-state index contributed by atoms with van der Waals surface area (Å²) in [5, 5.41) is 35.4. The fraction of sp³-hybridized carbons (Fsp3) is 0.316. The minimum atomic E-state index is -1.36. The lowest BCUT2D eigenvalue weighted by Gasteiger charge is -2.27. The first-order chi connectivity index (χ1) is 25.0. The molecule has 5 amide bonds. The molecule has 13 nitrogen and oxygen atoms in total. The van der Waals surface area contributed by atoms with Crippen LogP contribution in [-0.4, -0.2) is 75.1 Å². The molecule has 0 saturated heterocycles. The SMILES string of the molecule is O=C1CCC(=O)N[C@H](CC2CC=CS2)C(=O)N[C@@H](Cc2ccc(O)cc2)C(=O)N[C@H](Cc2ccccc2)C(=O)N[C@H](C(=O)O)Cc2ccc(cc2)N1. The number of carboxylic acid groups (broad SMARTS) is 1. The van der Waals surface area contributed by atoms with Crippen LogP contribution in [0.4, 0.5) is 5.69 Å². The lowest BCUT2D eigenvalue weighted by molar-refractivity contribution is -0.142. The molecule has 1 unspecified atom stereocenters. The van der Waals surface area contributed by atoms with Crippen LogP contribution in [0.15, 0.2) is 90.3 Å². The molecule has 0 aliphatic carbocycles. The van der Waals surface area contributed by atoms with E-state index in [2.05, 4.69) is 26.6 Å². The number of phenols is 1. The van der Waals surface area contributed by atoms with E-state index in [0.29, 0.717) is 28.8 Å². The predicted molar refractivity (Wildman–Crippen MR) is 195 cm³/mol. The van der Waals surface area contributed by atoms with Crippen molar-refractivity contribution in [2.24, 2.45) is 0 Å². The van der Waals surface area contributed by atoms with Crippen molar-refractivity contribution in [3.8, 4) is 5.75 Å². The number of thioether (sulfide) groups is 1. The molecule has 3 aliphatic heterocycles. The number of allylic oxidation sites excluding steroid dienone is 1. The number of carbonyl (C=O) groups excluding carboxylic acids is 5. The standard InChI is InChI=1S/C38H41N5O8S/c44-27-14-10-25(11-15-27)20-30-35(47)41-29(19-23-5-2-1-3-6-23)36(48)43-32(38(50)51)21-24-8-12-26(13-9-24)39-33(45)16-17-34(46)40-31(37(49)42-30)22-28-7-4-18-52-28/h1-6,8-15,18,28-32,44H,7,16-17,19-22H2,(H,39,45)(H,40,46)(H,41,47)(H,42,49)(H,43,48)(H,50,51)/t28?,29-,30+,31-,32+/m1/s1. The average Bonchev–Trinajstić information content (AvgIpc) is 3.64. The maximum absolute atomic E-state index is 14.1. The number of anilines is 1. The number of hydrogen-bond acceptors (Lipinski definition) is 8. The number of carboxylic acids is 1. The van der Waals surface area contributed by atoms with E-state index in [9.17, 15) is 39.0 Å². The summed E-state index contributed by atoms with van der Waals surface area (Å²) in [5.74, 6) is -4.33. The van der Waals surface area contributed by atoms with Crippen LogP contribution in [0.3, 0.4) is 0 Å². The highest BCUT2D eigenvalue weighted by Gasteiger charge is 2.33. The minimum Gasteiger partial charge on any atom is -0.508 e. The first-order valence-electron chi connectivity index (χ1n) is 17.0. The molecule has 7 N–H and O–H groups in total. The van der Waals surface area contributed by atoms with Crippen LogP contribution in [0.2, 0.25) is 0 Å². The van der Waals surface area contributed by atoms with Gasteiger partial charge in [0.2, 0.25) is 29.5 Å². The van der Waals surface area contributed by atoms with E-state index in [0.717, 1.165) is 0 Å². The number of nitrogens with one attached hydrogen (secondary N) is 5. The number of benzene rings is 3. The van der Waals surface area contributed by atoms with Gasteiger partial charge < -0.3 is 36.8 Å². The van der Waals surface area contributed by atoms with E-state index < -0.39 is 59.7 Å². The molecule has 3 aliphatic rings. The monoisotopic (exact) mass is 727 g/mol. The van der Waals surface area contributed by atoms with Crippen LogP contribution in [0.1, 0.15) is 42.4 Å². The molecule has 0 aromatic heterocycles. The number of amides is 5. The van der Waals surface area contributed by atoms with Gasteiger partial charge in [0, 0.05) is 43.0 Å². The fourth-order valence-corrected chi connectivity index (χ4v) is 6.88. The molecule has 6 rings (SSSR count). The van der Waals surface area contributed by atoms with Gasteiger partial charge in [-0.25, -0.2) is 4.79 Å². The second-order valence-electron chi connectivity index (χ2n) is 12.8. The zero-order valence-corrected chi connectivity index (χ0v) is 29.1. The molecule has 0 radical (unpaired) electrons. The Kier molecular flexibility index (Phi) is 13.0. The highest BCUT2D eigenvalue weighted by atomic mass is 32.2. The second kappa shape index (κ2) is 18.0. The van der Waals surface area contributed by atoms with Crippen LogP contribution >= 0.6 is 11.8 Å². The summed E-state index contributed by atoms with van der Waals surface area (Å²) in [6, 6.07) is 16.5. The number of rotatable bonds is 7. The molecule has 5 atom stereocenters. The molecule has 2 bridgehead atoms. The van der Waals surface area contributed by atoms with Crippen LogP contribution in [0, 0.1) is 0 Å². The van der Waals surface area contributed by atoms with Gasteiger partial charge in [-0.2, -0.15) is 0 Å². The second-order valence-corrected chi connectivity index (χ2v) is 14.0. The fourth-order valence-electron chi connectivity index (χ4n) is 5.91. The van der Waals surface area contributed by atoms with E-state index in [-0.39, 0.29) is 49.5 Å². The molecule has 3 aromatic rings. The van der Waals surface area contributed by atoms with E-state index in [1.54, 1.807) is 66.7 Å². The Morgan fingerprint density at radius 3 is 1.90 bits per heavy atom. The minimum absolute atomic E-state index is 0.00623. The van der Waals surface area contributed by atoms with E-state index in [1.807, 2.05) is 11.5 Å². The van der Waals surface area contributed by atoms with Crippen LogP contribution < -0.4 is 26.6 Å². The lowest BCUT2D eigenvalue weighted by Crippen LogP contribution is -2.59. The summed E-state index contributed by atoms with van der Waals surface area (Å²) < 4.78 is 0. The molecule has 52 heavy (non-hydrogen) atoms. The first kappa shape index (κ1) is 37.6. The van der Waals surface area contributed by atoms with E-state index in [1.165, 1.54) is 23.9 Å². The third-order valence-electron chi connectivity index (χ3n) is 8.71. The van der Waals surface area contributed by atoms with Gasteiger partial charge >= 0.3 is 5.97 Å². The molecular weight excluding hydrogens is 687 g/mol. The highest BCUT2D eigenvalue weighted by molar-refractivity contribution is 8.03. The average molecular weight is 728 g/mol. The Morgan fingerprint density at radius 1 is 0.692 bits per heavy atom. The van der Waals surface area contributed by atoms with Crippen molar-refractivity contribution in [3.05, 3.63) is 107 Å². The van der Waals surface area contributed by atoms with Crippen molar-refractivity contribution < 1.29 is 39.0 Å². The number of fused-ring (bicyclic) bond motifs is 18. The van der Waals surface area contributed by atoms with Gasteiger partial charge in [0.1, 0.15) is 29.9 Å². The quantitative estimate of drug-likeness (QED) is 0.179. The van der Waals surface area contributed by atoms with E-state index >= 15 is 0 Å². The van der Waals surface area contributed by atoms with Crippen LogP contribution in [0.5, 0.6) is 5.75 Å². The van der Waals surface area contributed by atoms with Crippen LogP contribution in [0.25, 0.3) is 0 Å². The van der Waals surface area contributed by atoms with Crippen molar-refractivity contribution >= 4 is 53.0 Å². The summed E-state index contributed by atoms with van der Waals surface area (Å²) in [7, 11) is 0. The first-order valence-corrected chi connectivity index (χ1v) is 17.9. The molecule has 272 valence electrons. The van der Waals surface area contributed by atoms with Crippen molar-refractivity contribution in [1.29, 1.82) is 0 Å². The maximum atomic E-state index is 14.1. The van der Waals surface area contributed by atoms with Crippen molar-refractivity contribution in [3.63, 3.8) is 0 Å². The number of aliphatic carboxylic acids is 1. The van der Waals surface area contributed by atoms with Crippen LogP contribution in [-0.2, 0) is 48.0 Å². The summed E-state index contributed by atoms with van der Waals surface area (Å²) >= 11 is 1.52. The number of hydrogen-bond donors (Lipinski definition) is 7. The van der Waals surface area contributed by atoms with Gasteiger partial charge in [-0.05, 0) is 59.2 Å². The zero-order chi connectivity index (χ0) is 37.0. The topological polar surface area (TPSA) is 203 Å². The molecule has 0 saturated carbocycles. The maximum Gasteiger partial charge on any atom is 0.326 e. The number of carbonyl (C=O) groups is 6. The highest BCUT2D eigenvalue weighted by Crippen LogP contribution is 2.28. The molecule has 0 fully saturated rings. The third-order valence-corrected chi connectivity index (χ3v) is 9.83. The van der Waals surface area contributed by atoms with Gasteiger partial charge in [-0.3, -0.25) is 24.0 Å². The largest absolute Gasteiger partial charge is 0.508 e. The van der Waals surface area contributed by atoms with Crippen molar-refractivity contribution in [2.45, 2.75) is 74.4 Å². The van der Waals surface area contributed by atoms with Gasteiger partial charge in [0.05, 0.1) is 0 Å². The molecule has 3 heterocycles. The Morgan fingerprint density at radius 2 is 1.29 bits per heavy atom. The van der Waals surface area contributed by atoms with Crippen molar-refractivity contribution in [2.75, 3.05) is 5.32 Å². The Bertz CT molecular complexity index is 1780. The molecular formula is C38H41N5O8S. The Hall–Kier alpha value is -5.63. The number of phenolic OH excluding ortho intramolecular Hbond substituents is 1. The summed E-state index contributed by atoms with van der Waals surface area (Å²) in [5.41, 5.74) is 2.29. The third kappa shape index (κ3) is 11.2. The molecule has 0 spiro atoms. The van der Waals surface area contributed by atoms with E-state index in [4.69, 9.17) is 0 Å². The Balaban J connectivity index is 1.48. The zero-order valence-electron chi connectivity index (χ0n) is 28.2. The molecule has 3 aromatic carbocycles.